The molecule has 2 saturated heterocycles. The summed E-state index contributed by atoms with van der Waals surface area (Å²) in [4.78, 5) is 0. The van der Waals surface area contributed by atoms with Crippen molar-refractivity contribution in [3.05, 3.63) is 0 Å². The van der Waals surface area contributed by atoms with Gasteiger partial charge >= 0.3 is 0 Å². The Balaban J connectivity index is 1.95. The summed E-state index contributed by atoms with van der Waals surface area (Å²) in [5, 5.41) is 0. The van der Waals surface area contributed by atoms with Gasteiger partial charge in [-0.1, -0.05) is 20.8 Å². The molecule has 0 unspecified atom stereocenters. The highest BCUT2D eigenvalue weighted by Crippen LogP contribution is 2.63. The van der Waals surface area contributed by atoms with Gasteiger partial charge in [0.25, 0.3) is 0 Å². The molecule has 0 radical (unpaired) electrons. The topological polar surface area (TPSA) is 9.23 Å². The molecular formula is C15H26O. The van der Waals surface area contributed by atoms with Crippen LogP contribution in [0.3, 0.4) is 0 Å². The maximum absolute atomic E-state index is 6.54. The van der Waals surface area contributed by atoms with Crippen LogP contribution in [0, 0.1) is 23.7 Å². The van der Waals surface area contributed by atoms with E-state index in [1.807, 2.05) is 0 Å². The van der Waals surface area contributed by atoms with E-state index in [9.17, 15) is 0 Å². The van der Waals surface area contributed by atoms with E-state index in [1.54, 1.807) is 0 Å². The Morgan fingerprint density at radius 1 is 1.19 bits per heavy atom. The van der Waals surface area contributed by atoms with Crippen molar-refractivity contribution < 1.29 is 4.74 Å². The van der Waals surface area contributed by atoms with Gasteiger partial charge in [0.05, 0.1) is 11.2 Å². The number of hydrogen-bond acceptors (Lipinski definition) is 1. The lowest BCUT2D eigenvalue weighted by Gasteiger charge is -2.48. The van der Waals surface area contributed by atoms with Crippen molar-refractivity contribution in [2.24, 2.45) is 23.7 Å². The third-order valence-electron chi connectivity index (χ3n) is 5.90. The molecule has 1 aliphatic carbocycles. The molecule has 1 heteroatoms. The van der Waals surface area contributed by atoms with E-state index in [2.05, 4.69) is 27.7 Å². The number of fused-ring (bicyclic) bond motifs is 1. The minimum atomic E-state index is 0.233. The smallest absolute Gasteiger partial charge is 0.0748 e. The third-order valence-corrected chi connectivity index (χ3v) is 5.90. The molecule has 0 aromatic carbocycles. The van der Waals surface area contributed by atoms with Gasteiger partial charge in [0.2, 0.25) is 0 Å². The van der Waals surface area contributed by atoms with E-state index < -0.39 is 0 Å². The lowest BCUT2D eigenvalue weighted by molar-refractivity contribution is -0.112. The number of hydrogen-bond donors (Lipinski definition) is 0. The molecule has 3 fully saturated rings. The first kappa shape index (κ1) is 11.1. The van der Waals surface area contributed by atoms with Crippen molar-refractivity contribution in [3.63, 3.8) is 0 Å². The first-order valence-corrected chi connectivity index (χ1v) is 7.17. The van der Waals surface area contributed by atoms with Gasteiger partial charge in [-0.3, -0.25) is 0 Å². The molecule has 1 spiro atoms. The molecule has 0 N–H and O–H groups in total. The van der Waals surface area contributed by atoms with E-state index in [0.717, 1.165) is 23.7 Å². The van der Waals surface area contributed by atoms with Gasteiger partial charge < -0.3 is 4.74 Å². The van der Waals surface area contributed by atoms with E-state index in [-0.39, 0.29) is 11.2 Å². The normalized spacial score (nSPS) is 55.7. The highest BCUT2D eigenvalue weighted by atomic mass is 16.5. The minimum absolute atomic E-state index is 0.233. The molecule has 2 aliphatic heterocycles. The first-order chi connectivity index (χ1) is 7.47. The molecule has 1 saturated carbocycles. The Labute approximate surface area is 99.9 Å². The second-order valence-electron chi connectivity index (χ2n) is 7.20. The highest BCUT2D eigenvalue weighted by Gasteiger charge is 2.64. The highest BCUT2D eigenvalue weighted by molar-refractivity contribution is 5.13. The second kappa shape index (κ2) is 3.25. The first-order valence-electron chi connectivity index (χ1n) is 7.17. The van der Waals surface area contributed by atoms with Gasteiger partial charge in [-0.2, -0.15) is 0 Å². The Hall–Kier alpha value is -0.0400. The van der Waals surface area contributed by atoms with Crippen LogP contribution in [0.2, 0.25) is 0 Å². The van der Waals surface area contributed by atoms with Crippen molar-refractivity contribution in [1.82, 2.24) is 0 Å². The standard InChI is InChI=1S/C15H26O/c1-10(2)12-6-5-11(3)15-8-7-14(4,16-15)9-13(12)15/h10-13H,5-9H2,1-4H3/t11-,12-,13-,14+,15+/m0/s1. The Morgan fingerprint density at radius 2 is 1.94 bits per heavy atom. The summed E-state index contributed by atoms with van der Waals surface area (Å²) in [6.07, 6.45) is 6.79. The molecule has 3 rings (SSSR count). The molecule has 92 valence electrons. The Morgan fingerprint density at radius 3 is 2.56 bits per heavy atom. The molecule has 1 nitrogen and oxygen atoms in total. The van der Waals surface area contributed by atoms with E-state index in [1.165, 1.54) is 32.1 Å². The summed E-state index contributed by atoms with van der Waals surface area (Å²) in [6.45, 7) is 9.59. The van der Waals surface area contributed by atoms with Crippen molar-refractivity contribution in [2.75, 3.05) is 0 Å². The van der Waals surface area contributed by atoms with E-state index in [0.29, 0.717) is 0 Å². The largest absolute Gasteiger partial charge is 0.368 e. The molecule has 3 aliphatic rings. The van der Waals surface area contributed by atoms with Gasteiger partial charge in [0, 0.05) is 0 Å². The van der Waals surface area contributed by atoms with Gasteiger partial charge in [0.1, 0.15) is 0 Å². The van der Waals surface area contributed by atoms with E-state index in [4.69, 9.17) is 4.74 Å². The van der Waals surface area contributed by atoms with Crippen LogP contribution in [0.5, 0.6) is 0 Å². The molecule has 0 aromatic rings. The molecule has 16 heavy (non-hydrogen) atoms. The van der Waals surface area contributed by atoms with Gasteiger partial charge in [-0.15, -0.1) is 0 Å². The van der Waals surface area contributed by atoms with Crippen molar-refractivity contribution in [2.45, 2.75) is 71.0 Å². The zero-order chi connectivity index (χ0) is 11.6. The molecule has 5 atom stereocenters. The number of rotatable bonds is 1. The van der Waals surface area contributed by atoms with Gasteiger partial charge in [-0.05, 0) is 62.7 Å². The summed E-state index contributed by atoms with van der Waals surface area (Å²) < 4.78 is 6.54. The van der Waals surface area contributed by atoms with Crippen molar-refractivity contribution >= 4 is 0 Å². The molecular weight excluding hydrogens is 196 g/mol. The summed E-state index contributed by atoms with van der Waals surface area (Å²) >= 11 is 0. The molecule has 2 heterocycles. The lowest BCUT2D eigenvalue weighted by Crippen LogP contribution is -2.48. The van der Waals surface area contributed by atoms with Crippen molar-refractivity contribution in [1.29, 1.82) is 0 Å². The van der Waals surface area contributed by atoms with Crippen LogP contribution >= 0.6 is 0 Å². The van der Waals surface area contributed by atoms with Crippen LogP contribution in [0.15, 0.2) is 0 Å². The predicted molar refractivity (Wildman–Crippen MR) is 66.3 cm³/mol. The van der Waals surface area contributed by atoms with Crippen molar-refractivity contribution in [3.8, 4) is 0 Å². The average molecular weight is 222 g/mol. The Kier molecular flexibility index (Phi) is 2.25. The van der Waals surface area contributed by atoms with Crippen LogP contribution in [-0.2, 0) is 4.74 Å². The maximum Gasteiger partial charge on any atom is 0.0748 e. The SMILES string of the molecule is CC(C)[C@@H]1CC[C@H](C)[C@]23CC[C@](C)(C[C@@H]12)O3. The lowest BCUT2D eigenvalue weighted by atomic mass is 9.57. The predicted octanol–water partition coefficient (Wildman–Crippen LogP) is 4.02. The van der Waals surface area contributed by atoms with Crippen LogP contribution < -0.4 is 0 Å². The van der Waals surface area contributed by atoms with Crippen LogP contribution in [-0.4, -0.2) is 11.2 Å². The quantitative estimate of drug-likeness (QED) is 0.651. The van der Waals surface area contributed by atoms with Gasteiger partial charge in [0.15, 0.2) is 0 Å². The van der Waals surface area contributed by atoms with Crippen LogP contribution in [0.4, 0.5) is 0 Å². The second-order valence-corrected chi connectivity index (χ2v) is 7.20. The van der Waals surface area contributed by atoms with E-state index >= 15 is 0 Å². The third kappa shape index (κ3) is 1.27. The molecule has 0 amide bonds. The number of ether oxygens (including phenoxy) is 1. The Bertz CT molecular complexity index is 298. The maximum atomic E-state index is 6.54. The zero-order valence-corrected chi connectivity index (χ0v) is 11.3. The van der Waals surface area contributed by atoms with Gasteiger partial charge in [-0.25, -0.2) is 0 Å². The molecule has 0 aromatic heterocycles. The zero-order valence-electron chi connectivity index (χ0n) is 11.3. The summed E-state index contributed by atoms with van der Waals surface area (Å²) in [5.41, 5.74) is 0.512. The van der Waals surface area contributed by atoms with Crippen LogP contribution in [0.1, 0.15) is 59.8 Å². The fraction of sp³-hybridized carbons (Fsp3) is 1.00. The monoisotopic (exact) mass is 222 g/mol. The summed E-state index contributed by atoms with van der Waals surface area (Å²) in [6, 6.07) is 0. The minimum Gasteiger partial charge on any atom is -0.368 e. The summed E-state index contributed by atoms with van der Waals surface area (Å²) in [5.74, 6) is 3.39. The fourth-order valence-electron chi connectivity index (χ4n) is 4.98. The molecule has 2 bridgehead atoms. The van der Waals surface area contributed by atoms with Crippen LogP contribution in [0.25, 0.3) is 0 Å². The summed E-state index contributed by atoms with van der Waals surface area (Å²) in [7, 11) is 0. The fourth-order valence-corrected chi connectivity index (χ4v) is 4.98. The average Bonchev–Trinajstić information content (AvgIpc) is 2.69.